The number of benzene rings is 2. The maximum Gasteiger partial charge on any atom is 0.209 e. The minimum atomic E-state index is -0.198. The maximum atomic E-state index is 13.2. The Labute approximate surface area is 182 Å². The molecule has 0 bridgehead atoms. The molecule has 3 aromatic rings. The maximum absolute atomic E-state index is 13.2. The van der Waals surface area contributed by atoms with Crippen LogP contribution in [0.15, 0.2) is 48.5 Å². The molecule has 1 atom stereocenters. The smallest absolute Gasteiger partial charge is 0.209 e. The van der Waals surface area contributed by atoms with E-state index < -0.39 is 0 Å². The predicted molar refractivity (Wildman–Crippen MR) is 117 cm³/mol. The number of tetrazole rings is 1. The lowest BCUT2D eigenvalue weighted by Gasteiger charge is -2.38. The van der Waals surface area contributed by atoms with Crippen molar-refractivity contribution in [2.75, 3.05) is 38.2 Å². The Kier molecular flexibility index (Phi) is 6.46. The molecule has 0 spiro atoms. The van der Waals surface area contributed by atoms with Crippen LogP contribution in [0.25, 0.3) is 0 Å². The first-order valence-electron chi connectivity index (χ1n) is 10.8. The molecule has 31 heavy (non-hydrogen) atoms. The number of rotatable bonds is 7. The van der Waals surface area contributed by atoms with Gasteiger partial charge in [0.2, 0.25) is 5.82 Å². The van der Waals surface area contributed by atoms with E-state index in [9.17, 15) is 4.39 Å². The van der Waals surface area contributed by atoms with Crippen LogP contribution in [0.3, 0.4) is 0 Å². The first kappa shape index (κ1) is 21.2. The Morgan fingerprint density at radius 2 is 1.71 bits per heavy atom. The van der Waals surface area contributed by atoms with Crippen molar-refractivity contribution in [3.8, 4) is 5.75 Å². The number of hydrogen-bond donors (Lipinski definition) is 1. The van der Waals surface area contributed by atoms with Crippen molar-refractivity contribution in [3.05, 3.63) is 65.7 Å². The van der Waals surface area contributed by atoms with E-state index in [1.54, 1.807) is 7.11 Å². The second kappa shape index (κ2) is 9.43. The first-order chi connectivity index (χ1) is 15.0. The normalized spacial score (nSPS) is 16.0. The second-order valence-corrected chi connectivity index (χ2v) is 8.39. The minimum absolute atomic E-state index is 0.198. The van der Waals surface area contributed by atoms with Crippen molar-refractivity contribution < 1.29 is 14.0 Å². The fourth-order valence-corrected chi connectivity index (χ4v) is 4.42. The molecule has 0 aliphatic carbocycles. The van der Waals surface area contributed by atoms with E-state index in [1.165, 1.54) is 17.0 Å². The molecule has 1 aromatic heterocycles. The van der Waals surface area contributed by atoms with E-state index in [4.69, 9.17) is 4.74 Å². The van der Waals surface area contributed by atoms with Crippen molar-refractivity contribution in [1.82, 2.24) is 20.2 Å². The average molecular weight is 426 g/mol. The quantitative estimate of drug-likeness (QED) is 0.627. The summed E-state index contributed by atoms with van der Waals surface area (Å²) in [6.07, 6.45) is 0. The fraction of sp³-hybridized carbons (Fsp3) is 0.435. The van der Waals surface area contributed by atoms with Gasteiger partial charge in [-0.25, -0.2) is 9.07 Å². The number of nitrogens with one attached hydrogen (secondary N) is 1. The molecule has 1 aliphatic heterocycles. The zero-order valence-electron chi connectivity index (χ0n) is 18.3. The van der Waals surface area contributed by atoms with Gasteiger partial charge in [0.25, 0.3) is 0 Å². The molecular weight excluding hydrogens is 395 g/mol. The SMILES string of the molecule is COc1ccc(Cn2nnnc2[C@H](C(C)C)[NH+]2CCN(c3ccc(F)cc3)CC2)cc1. The van der Waals surface area contributed by atoms with Crippen molar-refractivity contribution in [1.29, 1.82) is 0 Å². The first-order valence-corrected chi connectivity index (χ1v) is 10.8. The molecule has 1 saturated heterocycles. The summed E-state index contributed by atoms with van der Waals surface area (Å²) in [7, 11) is 1.67. The monoisotopic (exact) mass is 425 g/mol. The summed E-state index contributed by atoms with van der Waals surface area (Å²) in [4.78, 5) is 3.81. The zero-order chi connectivity index (χ0) is 21.8. The van der Waals surface area contributed by atoms with Crippen LogP contribution < -0.4 is 14.5 Å². The molecule has 1 fully saturated rings. The highest BCUT2D eigenvalue weighted by Gasteiger charge is 2.35. The predicted octanol–water partition coefficient (Wildman–Crippen LogP) is 1.97. The van der Waals surface area contributed by atoms with E-state index in [2.05, 4.69) is 34.3 Å². The van der Waals surface area contributed by atoms with Crippen LogP contribution in [0.1, 0.15) is 31.3 Å². The molecule has 1 aliphatic rings. The number of anilines is 1. The van der Waals surface area contributed by atoms with Crippen LogP contribution in [0.2, 0.25) is 0 Å². The van der Waals surface area contributed by atoms with E-state index in [-0.39, 0.29) is 11.9 Å². The van der Waals surface area contributed by atoms with E-state index in [0.29, 0.717) is 12.5 Å². The van der Waals surface area contributed by atoms with Gasteiger partial charge < -0.3 is 14.5 Å². The number of halogens is 1. The number of piperazine rings is 1. The number of nitrogens with zero attached hydrogens (tertiary/aromatic N) is 5. The summed E-state index contributed by atoms with van der Waals surface area (Å²) in [5, 5.41) is 12.7. The molecule has 0 radical (unpaired) electrons. The molecule has 4 rings (SSSR count). The third kappa shape index (κ3) is 4.85. The molecule has 8 heteroatoms. The van der Waals surface area contributed by atoms with Gasteiger partial charge in [-0.15, -0.1) is 5.10 Å². The fourth-order valence-electron chi connectivity index (χ4n) is 4.42. The second-order valence-electron chi connectivity index (χ2n) is 8.39. The average Bonchev–Trinajstić information content (AvgIpc) is 3.23. The molecule has 1 N–H and O–H groups in total. The largest absolute Gasteiger partial charge is 0.497 e. The van der Waals surface area contributed by atoms with Crippen LogP contribution >= 0.6 is 0 Å². The zero-order valence-corrected chi connectivity index (χ0v) is 18.3. The Morgan fingerprint density at radius 1 is 1.03 bits per heavy atom. The Balaban J connectivity index is 1.47. The van der Waals surface area contributed by atoms with Gasteiger partial charge in [0.1, 0.15) is 11.6 Å². The van der Waals surface area contributed by atoms with Crippen molar-refractivity contribution in [3.63, 3.8) is 0 Å². The molecule has 0 saturated carbocycles. The molecule has 2 heterocycles. The van der Waals surface area contributed by atoms with Crippen LogP contribution in [0.4, 0.5) is 10.1 Å². The lowest BCUT2D eigenvalue weighted by Crippen LogP contribution is -3.15. The highest BCUT2D eigenvalue weighted by Crippen LogP contribution is 2.20. The summed E-state index contributed by atoms with van der Waals surface area (Å²) >= 11 is 0. The number of quaternary nitrogens is 1. The topological polar surface area (TPSA) is 60.5 Å². The van der Waals surface area contributed by atoms with Crippen LogP contribution in [-0.2, 0) is 6.54 Å². The molecule has 164 valence electrons. The van der Waals surface area contributed by atoms with Gasteiger partial charge in [-0.3, -0.25) is 0 Å². The number of methoxy groups -OCH3 is 1. The Hall–Kier alpha value is -3.00. The molecule has 0 amide bonds. The van der Waals surface area contributed by atoms with Crippen LogP contribution in [0.5, 0.6) is 5.75 Å². The lowest BCUT2D eigenvalue weighted by atomic mass is 10.0. The third-order valence-corrected chi connectivity index (χ3v) is 6.03. The van der Waals surface area contributed by atoms with Crippen LogP contribution in [0, 0.1) is 11.7 Å². The van der Waals surface area contributed by atoms with E-state index in [1.807, 2.05) is 41.1 Å². The molecular formula is C23H30FN6O+. The van der Waals surface area contributed by atoms with Crippen molar-refractivity contribution in [2.24, 2.45) is 5.92 Å². The number of hydrogen-bond acceptors (Lipinski definition) is 5. The Morgan fingerprint density at radius 3 is 2.32 bits per heavy atom. The lowest BCUT2D eigenvalue weighted by molar-refractivity contribution is -0.937. The van der Waals surface area contributed by atoms with Crippen molar-refractivity contribution >= 4 is 5.69 Å². The van der Waals surface area contributed by atoms with Gasteiger partial charge in [0, 0.05) is 11.6 Å². The van der Waals surface area contributed by atoms with E-state index >= 15 is 0 Å². The van der Waals surface area contributed by atoms with Crippen molar-refractivity contribution in [2.45, 2.75) is 26.4 Å². The highest BCUT2D eigenvalue weighted by molar-refractivity contribution is 5.46. The van der Waals surface area contributed by atoms with Gasteiger partial charge in [-0.2, -0.15) is 0 Å². The molecule has 2 aromatic carbocycles. The van der Waals surface area contributed by atoms with Gasteiger partial charge in [0.05, 0.1) is 39.8 Å². The van der Waals surface area contributed by atoms with Gasteiger partial charge in [0.15, 0.2) is 6.04 Å². The summed E-state index contributed by atoms with van der Waals surface area (Å²) < 4.78 is 20.4. The molecule has 0 unspecified atom stereocenters. The summed E-state index contributed by atoms with van der Waals surface area (Å²) in [5.41, 5.74) is 2.21. The number of ether oxygens (including phenoxy) is 1. The highest BCUT2D eigenvalue weighted by atomic mass is 19.1. The van der Waals surface area contributed by atoms with Gasteiger partial charge >= 0.3 is 0 Å². The summed E-state index contributed by atoms with van der Waals surface area (Å²) in [6, 6.07) is 15.0. The number of aromatic nitrogens is 4. The summed E-state index contributed by atoms with van der Waals surface area (Å²) in [6.45, 7) is 8.90. The van der Waals surface area contributed by atoms with Crippen LogP contribution in [-0.4, -0.2) is 53.5 Å². The van der Waals surface area contributed by atoms with Gasteiger partial charge in [-0.05, 0) is 52.4 Å². The molecule has 7 nitrogen and oxygen atoms in total. The van der Waals surface area contributed by atoms with Gasteiger partial charge in [-0.1, -0.05) is 26.0 Å². The standard InChI is InChI=1S/C23H29FN6O/c1-17(2)22(29-14-12-28(13-15-29)20-8-6-19(24)7-9-20)23-25-26-27-30(23)16-18-4-10-21(31-3)11-5-18/h4-11,17,22H,12-16H2,1-3H3/p+1/t22-/m0/s1. The van der Waals surface area contributed by atoms with E-state index in [0.717, 1.165) is 49.0 Å². The minimum Gasteiger partial charge on any atom is -0.497 e. The Bertz CT molecular complexity index is 964. The third-order valence-electron chi connectivity index (χ3n) is 6.03. The summed E-state index contributed by atoms with van der Waals surface area (Å²) in [5.74, 6) is 1.96.